The fourth-order valence-corrected chi connectivity index (χ4v) is 1.90. The molecule has 1 unspecified atom stereocenters. The number of carbonyl (C=O) groups is 1. The molecule has 0 radical (unpaired) electrons. The Kier molecular flexibility index (Phi) is 6.82. The van der Waals surface area contributed by atoms with Crippen LogP contribution in [-0.4, -0.2) is 31.5 Å². The van der Waals surface area contributed by atoms with E-state index in [1.165, 1.54) is 6.07 Å². The Bertz CT molecular complexity index is 543. The Hall–Kier alpha value is -2.11. The lowest BCUT2D eigenvalue weighted by molar-refractivity contribution is -0.120. The molecule has 0 aromatic heterocycles. The van der Waals surface area contributed by atoms with Crippen molar-refractivity contribution in [1.29, 1.82) is 0 Å². The van der Waals surface area contributed by atoms with Gasteiger partial charge >= 0.3 is 0 Å². The van der Waals surface area contributed by atoms with Gasteiger partial charge in [0.2, 0.25) is 5.91 Å². The highest BCUT2D eigenvalue weighted by atomic mass is 19.1. The fraction of sp³-hybridized carbons (Fsp3) is 0.500. The number of carbonyl (C=O) groups excluding carboxylic acids is 1. The van der Waals surface area contributed by atoms with Crippen LogP contribution in [0, 0.1) is 12.7 Å². The Labute approximate surface area is 131 Å². The minimum atomic E-state index is -0.231. The first kappa shape index (κ1) is 17.9. The van der Waals surface area contributed by atoms with E-state index in [1.807, 2.05) is 26.8 Å². The second-order valence-corrected chi connectivity index (χ2v) is 5.52. The summed E-state index contributed by atoms with van der Waals surface area (Å²) in [7, 11) is 1.62. The smallest absolute Gasteiger partial charge is 0.239 e. The molecule has 1 aromatic rings. The number of aryl methyl sites for hydroxylation is 1. The average Bonchev–Trinajstić information content (AvgIpc) is 2.45. The molecule has 122 valence electrons. The van der Waals surface area contributed by atoms with E-state index in [1.54, 1.807) is 20.0 Å². The molecule has 0 heterocycles. The molecule has 0 aliphatic rings. The molecule has 1 amide bonds. The monoisotopic (exact) mass is 308 g/mol. The van der Waals surface area contributed by atoms with Crippen LogP contribution in [-0.2, 0) is 4.79 Å². The van der Waals surface area contributed by atoms with E-state index >= 15 is 0 Å². The summed E-state index contributed by atoms with van der Waals surface area (Å²) in [5, 5.41) is 8.85. The van der Waals surface area contributed by atoms with Crippen molar-refractivity contribution in [1.82, 2.24) is 16.0 Å². The number of guanidine groups is 1. The first-order valence-electron chi connectivity index (χ1n) is 7.36. The van der Waals surface area contributed by atoms with Gasteiger partial charge in [-0.1, -0.05) is 12.1 Å². The van der Waals surface area contributed by atoms with Crippen LogP contribution in [0.3, 0.4) is 0 Å². The van der Waals surface area contributed by atoms with E-state index in [-0.39, 0.29) is 30.4 Å². The van der Waals surface area contributed by atoms with Crippen molar-refractivity contribution in [2.45, 2.75) is 39.8 Å². The molecule has 3 N–H and O–H groups in total. The summed E-state index contributed by atoms with van der Waals surface area (Å²) in [6, 6.07) is 5.09. The summed E-state index contributed by atoms with van der Waals surface area (Å²) in [6.45, 7) is 7.57. The van der Waals surface area contributed by atoms with Crippen molar-refractivity contribution in [2.75, 3.05) is 13.6 Å². The van der Waals surface area contributed by atoms with E-state index in [4.69, 9.17) is 0 Å². The van der Waals surface area contributed by atoms with Gasteiger partial charge in [0.05, 0.1) is 12.6 Å². The Balaban J connectivity index is 2.58. The van der Waals surface area contributed by atoms with Gasteiger partial charge in [0, 0.05) is 13.1 Å². The molecule has 0 aliphatic heterocycles. The number of hydrogen-bond acceptors (Lipinski definition) is 2. The van der Waals surface area contributed by atoms with Crippen molar-refractivity contribution < 1.29 is 9.18 Å². The van der Waals surface area contributed by atoms with Gasteiger partial charge in [0.1, 0.15) is 5.82 Å². The fourth-order valence-electron chi connectivity index (χ4n) is 1.90. The summed E-state index contributed by atoms with van der Waals surface area (Å²) in [5.74, 6) is 0.157. The lowest BCUT2D eigenvalue weighted by atomic mass is 10.1. The summed E-state index contributed by atoms with van der Waals surface area (Å²) < 4.78 is 13.6. The predicted octanol–water partition coefficient (Wildman–Crippen LogP) is 1.88. The maximum Gasteiger partial charge on any atom is 0.239 e. The summed E-state index contributed by atoms with van der Waals surface area (Å²) in [6.07, 6.45) is 0. The van der Waals surface area contributed by atoms with Gasteiger partial charge in [0.25, 0.3) is 0 Å². The van der Waals surface area contributed by atoms with E-state index in [0.717, 1.165) is 5.56 Å². The summed E-state index contributed by atoms with van der Waals surface area (Å²) in [4.78, 5) is 15.7. The van der Waals surface area contributed by atoms with Crippen molar-refractivity contribution in [3.63, 3.8) is 0 Å². The molecule has 0 bridgehead atoms. The van der Waals surface area contributed by atoms with Crippen molar-refractivity contribution in [3.05, 3.63) is 35.1 Å². The van der Waals surface area contributed by atoms with Crippen LogP contribution in [0.4, 0.5) is 4.39 Å². The Morgan fingerprint density at radius 2 is 1.95 bits per heavy atom. The third-order valence-corrected chi connectivity index (χ3v) is 3.14. The maximum absolute atomic E-state index is 13.6. The Morgan fingerprint density at radius 1 is 1.27 bits per heavy atom. The van der Waals surface area contributed by atoms with E-state index in [0.29, 0.717) is 11.5 Å². The molecule has 6 heteroatoms. The molecular formula is C16H25FN4O. The van der Waals surface area contributed by atoms with Gasteiger partial charge in [-0.05, 0) is 44.9 Å². The molecule has 1 aromatic carbocycles. The molecule has 22 heavy (non-hydrogen) atoms. The largest absolute Gasteiger partial charge is 0.352 e. The van der Waals surface area contributed by atoms with Crippen LogP contribution in [0.15, 0.2) is 23.2 Å². The average molecular weight is 308 g/mol. The number of rotatable bonds is 5. The SMILES string of the molecule is CN=C(NCC(=O)NC(C)C)NC(C)c1ccc(C)c(F)c1. The highest BCUT2D eigenvalue weighted by Gasteiger charge is 2.11. The van der Waals surface area contributed by atoms with Crippen molar-refractivity contribution >= 4 is 11.9 Å². The molecule has 0 fully saturated rings. The number of nitrogens with zero attached hydrogens (tertiary/aromatic N) is 1. The summed E-state index contributed by atoms with van der Waals surface area (Å²) in [5.41, 5.74) is 1.43. The molecule has 0 aliphatic carbocycles. The zero-order valence-corrected chi connectivity index (χ0v) is 13.8. The van der Waals surface area contributed by atoms with Gasteiger partial charge in [-0.15, -0.1) is 0 Å². The topological polar surface area (TPSA) is 65.5 Å². The number of amides is 1. The second kappa shape index (κ2) is 8.36. The highest BCUT2D eigenvalue weighted by Crippen LogP contribution is 2.16. The molecular weight excluding hydrogens is 283 g/mol. The third-order valence-electron chi connectivity index (χ3n) is 3.14. The molecule has 0 saturated carbocycles. The van der Waals surface area contributed by atoms with Crippen LogP contribution in [0.5, 0.6) is 0 Å². The zero-order valence-electron chi connectivity index (χ0n) is 13.8. The van der Waals surface area contributed by atoms with Crippen LogP contribution in [0.2, 0.25) is 0 Å². The standard InChI is InChI=1S/C16H25FN4O/c1-10(2)20-15(22)9-19-16(18-5)21-12(4)13-7-6-11(3)14(17)8-13/h6-8,10,12H,9H2,1-5H3,(H,20,22)(H2,18,19,21). The van der Waals surface area contributed by atoms with Crippen LogP contribution >= 0.6 is 0 Å². The van der Waals surface area contributed by atoms with Gasteiger partial charge < -0.3 is 16.0 Å². The van der Waals surface area contributed by atoms with E-state index < -0.39 is 0 Å². The van der Waals surface area contributed by atoms with Gasteiger partial charge in [-0.2, -0.15) is 0 Å². The molecule has 0 spiro atoms. The van der Waals surface area contributed by atoms with E-state index in [2.05, 4.69) is 20.9 Å². The Morgan fingerprint density at radius 3 is 2.50 bits per heavy atom. The number of benzene rings is 1. The number of hydrogen-bond donors (Lipinski definition) is 3. The van der Waals surface area contributed by atoms with Crippen LogP contribution < -0.4 is 16.0 Å². The first-order valence-corrected chi connectivity index (χ1v) is 7.36. The molecule has 0 saturated heterocycles. The predicted molar refractivity (Wildman–Crippen MR) is 87.3 cm³/mol. The summed E-state index contributed by atoms with van der Waals surface area (Å²) >= 11 is 0. The lowest BCUT2D eigenvalue weighted by Crippen LogP contribution is -2.45. The normalized spacial score (nSPS) is 13.0. The minimum absolute atomic E-state index is 0.0960. The van der Waals surface area contributed by atoms with Gasteiger partial charge in [0.15, 0.2) is 5.96 Å². The van der Waals surface area contributed by atoms with Crippen LogP contribution in [0.1, 0.15) is 37.9 Å². The number of aliphatic imine (C=N–C) groups is 1. The number of nitrogens with one attached hydrogen (secondary N) is 3. The highest BCUT2D eigenvalue weighted by molar-refractivity contribution is 5.86. The lowest BCUT2D eigenvalue weighted by Gasteiger charge is -2.19. The van der Waals surface area contributed by atoms with Gasteiger partial charge in [-0.3, -0.25) is 9.79 Å². The van der Waals surface area contributed by atoms with Crippen molar-refractivity contribution in [3.8, 4) is 0 Å². The minimum Gasteiger partial charge on any atom is -0.352 e. The maximum atomic E-state index is 13.6. The quantitative estimate of drug-likeness (QED) is 0.575. The van der Waals surface area contributed by atoms with Gasteiger partial charge in [-0.25, -0.2) is 4.39 Å². The zero-order chi connectivity index (χ0) is 16.7. The van der Waals surface area contributed by atoms with E-state index in [9.17, 15) is 9.18 Å². The molecule has 1 atom stereocenters. The van der Waals surface area contributed by atoms with Crippen LogP contribution in [0.25, 0.3) is 0 Å². The van der Waals surface area contributed by atoms with Crippen molar-refractivity contribution in [2.24, 2.45) is 4.99 Å². The molecule has 5 nitrogen and oxygen atoms in total. The first-order chi connectivity index (χ1) is 10.3. The number of halogens is 1. The third kappa shape index (κ3) is 5.71. The second-order valence-electron chi connectivity index (χ2n) is 5.52. The molecule has 1 rings (SSSR count).